The molecule has 0 bridgehead atoms. The Hall–Kier alpha value is -0.595. The van der Waals surface area contributed by atoms with E-state index in [-0.39, 0.29) is 0 Å². The van der Waals surface area contributed by atoms with E-state index in [1.165, 1.54) is 0 Å². The molecule has 0 heterocycles. The van der Waals surface area contributed by atoms with Gasteiger partial charge in [0.2, 0.25) is 0 Å². The third-order valence-electron chi connectivity index (χ3n) is 2.18. The monoisotopic (exact) mass is 218 g/mol. The minimum Gasteiger partial charge on any atom is -0.130 e. The summed E-state index contributed by atoms with van der Waals surface area (Å²) in [5.74, 6) is 0. The normalized spacial score (nSPS) is 10.7. The lowest BCUT2D eigenvalue weighted by Gasteiger charge is -2.09. The molecule has 2 aromatic rings. The first-order valence-electron chi connectivity index (χ1n) is 4.24. The number of thioether (sulfide) groups is 1. The van der Waals surface area contributed by atoms with Crippen molar-refractivity contribution in [1.82, 2.24) is 0 Å². The molecule has 14 heavy (non-hydrogen) atoms. The third-order valence-corrected chi connectivity index (χ3v) is 3.35. The van der Waals surface area contributed by atoms with Crippen LogP contribution in [-0.4, -0.2) is 14.1 Å². The molecular formula is C11H8BClS. The summed E-state index contributed by atoms with van der Waals surface area (Å²) >= 11 is 7.75. The van der Waals surface area contributed by atoms with Gasteiger partial charge in [0.25, 0.3) is 0 Å². The van der Waals surface area contributed by atoms with E-state index in [0.717, 1.165) is 26.2 Å². The molecule has 0 saturated carbocycles. The van der Waals surface area contributed by atoms with E-state index in [4.69, 9.17) is 19.4 Å². The quantitative estimate of drug-likeness (QED) is 0.524. The highest BCUT2D eigenvalue weighted by Crippen LogP contribution is 2.29. The second kappa shape index (κ2) is 3.88. The highest BCUT2D eigenvalue weighted by molar-refractivity contribution is 7.99. The average Bonchev–Trinajstić information content (AvgIpc) is 2.18. The second-order valence-electron chi connectivity index (χ2n) is 3.03. The Kier molecular flexibility index (Phi) is 2.75. The summed E-state index contributed by atoms with van der Waals surface area (Å²) in [6.45, 7) is 0. The molecule has 0 aliphatic carbocycles. The molecule has 68 valence electrons. The molecule has 0 amide bonds. The fraction of sp³-hybridized carbons (Fsp3) is 0.0909. The van der Waals surface area contributed by atoms with Gasteiger partial charge in [-0.2, -0.15) is 0 Å². The predicted octanol–water partition coefficient (Wildman–Crippen LogP) is 3.01. The minimum atomic E-state index is 0.718. The van der Waals surface area contributed by atoms with Crippen LogP contribution in [0.1, 0.15) is 0 Å². The molecule has 0 nitrogen and oxygen atoms in total. The van der Waals surface area contributed by atoms with Gasteiger partial charge in [-0.15, -0.1) is 11.8 Å². The maximum absolute atomic E-state index is 6.10. The molecule has 0 aromatic heterocycles. The summed E-state index contributed by atoms with van der Waals surface area (Å²) in [6.07, 6.45) is 2.02. The summed E-state index contributed by atoms with van der Waals surface area (Å²) < 4.78 is 0. The van der Waals surface area contributed by atoms with Crippen LogP contribution < -0.4 is 5.46 Å². The molecule has 0 atom stereocenters. The van der Waals surface area contributed by atoms with Gasteiger partial charge in [-0.3, -0.25) is 0 Å². The van der Waals surface area contributed by atoms with Crippen LogP contribution in [0.2, 0.25) is 5.02 Å². The zero-order chi connectivity index (χ0) is 10.1. The Morgan fingerprint density at radius 3 is 2.50 bits per heavy atom. The lowest BCUT2D eigenvalue weighted by Crippen LogP contribution is -2.06. The number of hydrogen-bond donors (Lipinski definition) is 0. The fourth-order valence-corrected chi connectivity index (χ4v) is 2.53. The number of rotatable bonds is 1. The first-order chi connectivity index (χ1) is 6.74. The second-order valence-corrected chi connectivity index (χ2v) is 4.25. The van der Waals surface area contributed by atoms with Gasteiger partial charge in [0.05, 0.1) is 0 Å². The van der Waals surface area contributed by atoms with E-state index >= 15 is 0 Å². The van der Waals surface area contributed by atoms with Crippen molar-refractivity contribution in [2.24, 2.45) is 0 Å². The number of fused-ring (bicyclic) bond motifs is 1. The van der Waals surface area contributed by atoms with Gasteiger partial charge in [0, 0.05) is 15.3 Å². The van der Waals surface area contributed by atoms with Crippen LogP contribution in [0.4, 0.5) is 0 Å². The Balaban J connectivity index is 2.90. The van der Waals surface area contributed by atoms with Crippen molar-refractivity contribution in [3.63, 3.8) is 0 Å². The summed E-state index contributed by atoms with van der Waals surface area (Å²) in [4.78, 5) is 1.10. The standard InChI is InChI=1S/C11H8BClS/c1-14-11-8-5-3-2-4-7(8)10(13)6-9(11)12/h2-6H,1H3. The molecule has 0 fully saturated rings. The van der Waals surface area contributed by atoms with E-state index in [9.17, 15) is 0 Å². The molecule has 0 aliphatic heterocycles. The number of hydrogen-bond acceptors (Lipinski definition) is 1. The van der Waals surface area contributed by atoms with Crippen molar-refractivity contribution in [1.29, 1.82) is 0 Å². The van der Waals surface area contributed by atoms with E-state index < -0.39 is 0 Å². The molecule has 0 N–H and O–H groups in total. The highest BCUT2D eigenvalue weighted by atomic mass is 35.5. The topological polar surface area (TPSA) is 0 Å². The molecule has 3 heteroatoms. The van der Waals surface area contributed by atoms with Crippen LogP contribution in [0.5, 0.6) is 0 Å². The highest BCUT2D eigenvalue weighted by Gasteiger charge is 2.06. The summed E-state index contributed by atoms with van der Waals surface area (Å²) in [5.41, 5.74) is 0.751. The van der Waals surface area contributed by atoms with Gasteiger partial charge in [0.1, 0.15) is 7.85 Å². The largest absolute Gasteiger partial charge is 0.130 e. The molecule has 2 radical (unpaired) electrons. The van der Waals surface area contributed by atoms with Gasteiger partial charge in [-0.1, -0.05) is 41.3 Å². The molecule has 0 aliphatic rings. The lowest BCUT2D eigenvalue weighted by molar-refractivity contribution is 1.61. The van der Waals surface area contributed by atoms with Crippen LogP contribution >= 0.6 is 23.4 Å². The van der Waals surface area contributed by atoms with Gasteiger partial charge in [0.15, 0.2) is 0 Å². The first-order valence-corrected chi connectivity index (χ1v) is 5.85. The fourth-order valence-electron chi connectivity index (χ4n) is 1.55. The predicted molar refractivity (Wildman–Crippen MR) is 66.1 cm³/mol. The molecule has 0 unspecified atom stereocenters. The van der Waals surface area contributed by atoms with E-state index in [1.807, 2.05) is 36.6 Å². The van der Waals surface area contributed by atoms with Crippen molar-refractivity contribution in [3.8, 4) is 0 Å². The van der Waals surface area contributed by atoms with E-state index in [1.54, 1.807) is 11.8 Å². The number of benzene rings is 2. The van der Waals surface area contributed by atoms with Crippen LogP contribution in [0.3, 0.4) is 0 Å². The van der Waals surface area contributed by atoms with Crippen LogP contribution in [-0.2, 0) is 0 Å². The molecule has 0 saturated heterocycles. The molecular weight excluding hydrogens is 210 g/mol. The Morgan fingerprint density at radius 1 is 1.21 bits per heavy atom. The molecule has 2 rings (SSSR count). The lowest BCUT2D eigenvalue weighted by atomic mass is 9.93. The van der Waals surface area contributed by atoms with E-state index in [2.05, 4.69) is 0 Å². The van der Waals surface area contributed by atoms with Gasteiger partial charge >= 0.3 is 0 Å². The Bertz CT molecular complexity index is 482. The van der Waals surface area contributed by atoms with Crippen LogP contribution in [0, 0.1) is 0 Å². The zero-order valence-electron chi connectivity index (χ0n) is 7.75. The maximum Gasteiger partial charge on any atom is 0.115 e. The van der Waals surface area contributed by atoms with Crippen LogP contribution in [0.15, 0.2) is 35.2 Å². The van der Waals surface area contributed by atoms with Crippen molar-refractivity contribution in [2.45, 2.75) is 4.90 Å². The van der Waals surface area contributed by atoms with Crippen LogP contribution in [0.25, 0.3) is 10.8 Å². The van der Waals surface area contributed by atoms with Gasteiger partial charge in [-0.25, -0.2) is 0 Å². The number of halogens is 1. The average molecular weight is 219 g/mol. The molecule has 0 spiro atoms. The first kappa shape index (κ1) is 9.94. The minimum absolute atomic E-state index is 0.718. The SMILES string of the molecule is [B]c1cc(Cl)c2ccccc2c1SC. The Labute approximate surface area is 94.1 Å². The van der Waals surface area contributed by atoms with Crippen molar-refractivity contribution < 1.29 is 0 Å². The van der Waals surface area contributed by atoms with E-state index in [0.29, 0.717) is 0 Å². The van der Waals surface area contributed by atoms with Crippen molar-refractivity contribution in [3.05, 3.63) is 35.4 Å². The maximum atomic E-state index is 6.10. The molecule has 2 aromatic carbocycles. The third kappa shape index (κ3) is 1.53. The van der Waals surface area contributed by atoms with Gasteiger partial charge in [-0.05, 0) is 17.7 Å². The summed E-state index contributed by atoms with van der Waals surface area (Å²) in [5, 5.41) is 2.91. The Morgan fingerprint density at radius 2 is 1.86 bits per heavy atom. The smallest absolute Gasteiger partial charge is 0.115 e. The van der Waals surface area contributed by atoms with Gasteiger partial charge < -0.3 is 0 Å². The van der Waals surface area contributed by atoms with Crippen molar-refractivity contribution >= 4 is 47.4 Å². The zero-order valence-corrected chi connectivity index (χ0v) is 9.32. The summed E-state index contributed by atoms with van der Waals surface area (Å²) in [6, 6.07) is 9.85. The summed E-state index contributed by atoms with van der Waals surface area (Å²) in [7, 11) is 5.89. The van der Waals surface area contributed by atoms with Crippen molar-refractivity contribution in [2.75, 3.05) is 6.26 Å².